The molecule has 26 heavy (non-hydrogen) atoms. The molecule has 1 saturated heterocycles. The Morgan fingerprint density at radius 1 is 1.35 bits per heavy atom. The molecule has 142 valence electrons. The molecule has 1 aromatic heterocycles. The highest BCUT2D eigenvalue weighted by Gasteiger charge is 2.36. The zero-order valence-corrected chi connectivity index (χ0v) is 16.2. The van der Waals surface area contributed by atoms with Crippen LogP contribution in [0.25, 0.3) is 0 Å². The van der Waals surface area contributed by atoms with Gasteiger partial charge >= 0.3 is 0 Å². The van der Waals surface area contributed by atoms with Crippen LogP contribution in [0.3, 0.4) is 0 Å². The van der Waals surface area contributed by atoms with Crippen LogP contribution in [-0.2, 0) is 23.5 Å². The minimum Gasteiger partial charge on any atom is -0.493 e. The van der Waals surface area contributed by atoms with Crippen molar-refractivity contribution in [3.05, 3.63) is 42.0 Å². The van der Waals surface area contributed by atoms with Crippen LogP contribution in [0.4, 0.5) is 0 Å². The van der Waals surface area contributed by atoms with Crippen molar-refractivity contribution in [2.24, 2.45) is 7.05 Å². The zero-order chi connectivity index (χ0) is 17.4. The van der Waals surface area contributed by atoms with Gasteiger partial charge in [-0.3, -0.25) is 0 Å². The molecular weight excluding hydrogens is 376 g/mol. The van der Waals surface area contributed by atoms with Crippen molar-refractivity contribution in [2.75, 3.05) is 26.2 Å². The average Bonchev–Trinajstić information content (AvgIpc) is 3.07. The van der Waals surface area contributed by atoms with E-state index in [0.717, 1.165) is 30.0 Å². The molecule has 3 heterocycles. The third-order valence-corrected chi connectivity index (χ3v) is 6.74. The summed E-state index contributed by atoms with van der Waals surface area (Å²) in [5.74, 6) is 1.54. The van der Waals surface area contributed by atoms with Crippen molar-refractivity contribution in [3.8, 4) is 5.75 Å². The molecule has 0 aliphatic carbocycles. The standard InChI is InChI=1S/C17H22N4O3S.ClH/c1-20-8-7-19-17(20)15-12-18-6-9-21(15)25(22,23)14-4-5-16-13(11-14)3-2-10-24-16;/h4-5,7-8,11,15,18H,2-3,6,9-10,12H2,1H3;1H. The first-order valence-electron chi connectivity index (χ1n) is 8.53. The maximum Gasteiger partial charge on any atom is 0.243 e. The summed E-state index contributed by atoms with van der Waals surface area (Å²) in [5.41, 5.74) is 0.969. The highest BCUT2D eigenvalue weighted by molar-refractivity contribution is 7.89. The molecule has 7 nitrogen and oxygen atoms in total. The van der Waals surface area contributed by atoms with E-state index in [2.05, 4.69) is 10.3 Å². The van der Waals surface area contributed by atoms with E-state index in [1.54, 1.807) is 28.7 Å². The summed E-state index contributed by atoms with van der Waals surface area (Å²) in [7, 11) is -1.72. The number of aryl methyl sites for hydroxylation is 2. The number of hydrogen-bond donors (Lipinski definition) is 1. The van der Waals surface area contributed by atoms with Crippen LogP contribution in [0, 0.1) is 0 Å². The van der Waals surface area contributed by atoms with Crippen molar-refractivity contribution in [1.82, 2.24) is 19.2 Å². The first-order valence-corrected chi connectivity index (χ1v) is 9.97. The number of hydrogen-bond acceptors (Lipinski definition) is 5. The van der Waals surface area contributed by atoms with Gasteiger partial charge < -0.3 is 14.6 Å². The molecule has 0 spiro atoms. The Morgan fingerprint density at radius 3 is 2.96 bits per heavy atom. The molecule has 4 rings (SSSR count). The number of benzene rings is 1. The molecule has 0 amide bonds. The van der Waals surface area contributed by atoms with E-state index >= 15 is 0 Å². The van der Waals surface area contributed by atoms with Gasteiger partial charge in [-0.1, -0.05) is 0 Å². The van der Waals surface area contributed by atoms with Gasteiger partial charge in [0, 0.05) is 39.1 Å². The Hall–Kier alpha value is -1.61. The molecule has 1 unspecified atom stereocenters. The van der Waals surface area contributed by atoms with E-state index in [1.807, 2.05) is 17.8 Å². The number of imidazole rings is 1. The van der Waals surface area contributed by atoms with E-state index in [9.17, 15) is 8.42 Å². The number of sulfonamides is 1. The lowest BCUT2D eigenvalue weighted by Crippen LogP contribution is -2.49. The Bertz CT molecular complexity index is 884. The Labute approximate surface area is 159 Å². The van der Waals surface area contributed by atoms with Crippen molar-refractivity contribution < 1.29 is 13.2 Å². The maximum atomic E-state index is 13.3. The summed E-state index contributed by atoms with van der Waals surface area (Å²) in [6.07, 6.45) is 5.30. The molecule has 2 aliphatic heterocycles. The van der Waals surface area contributed by atoms with Gasteiger partial charge in [0.2, 0.25) is 10.0 Å². The highest BCUT2D eigenvalue weighted by atomic mass is 35.5. The molecule has 0 saturated carbocycles. The second-order valence-corrected chi connectivity index (χ2v) is 8.34. The lowest BCUT2D eigenvalue weighted by Gasteiger charge is -2.34. The summed E-state index contributed by atoms with van der Waals surface area (Å²) in [5, 5.41) is 3.27. The topological polar surface area (TPSA) is 76.5 Å². The minimum absolute atomic E-state index is 0. The molecule has 1 N–H and O–H groups in total. The van der Waals surface area contributed by atoms with Gasteiger partial charge in [-0.25, -0.2) is 13.4 Å². The van der Waals surface area contributed by atoms with Crippen LogP contribution in [0.1, 0.15) is 23.9 Å². The van der Waals surface area contributed by atoms with Gasteiger partial charge in [-0.05, 0) is 36.6 Å². The van der Waals surface area contributed by atoms with E-state index in [4.69, 9.17) is 4.74 Å². The van der Waals surface area contributed by atoms with E-state index in [1.165, 1.54) is 0 Å². The third-order valence-electron chi connectivity index (χ3n) is 4.84. The first kappa shape index (κ1) is 19.2. The maximum absolute atomic E-state index is 13.3. The highest BCUT2D eigenvalue weighted by Crippen LogP contribution is 2.32. The van der Waals surface area contributed by atoms with Gasteiger partial charge in [0.25, 0.3) is 0 Å². The number of halogens is 1. The molecule has 9 heteroatoms. The second-order valence-electron chi connectivity index (χ2n) is 6.45. The normalized spacial score (nSPS) is 20.7. The number of aromatic nitrogens is 2. The number of fused-ring (bicyclic) bond motifs is 1. The predicted octanol–water partition coefficient (Wildman–Crippen LogP) is 1.50. The van der Waals surface area contributed by atoms with Crippen molar-refractivity contribution in [3.63, 3.8) is 0 Å². The van der Waals surface area contributed by atoms with Crippen LogP contribution in [-0.4, -0.2) is 48.5 Å². The Balaban J connectivity index is 0.00000196. The lowest BCUT2D eigenvalue weighted by atomic mass is 10.1. The SMILES string of the molecule is Cl.Cn1ccnc1C1CNCCN1S(=O)(=O)c1ccc2c(c1)CCCO2. The van der Waals surface area contributed by atoms with Crippen LogP contribution in [0.15, 0.2) is 35.5 Å². The third kappa shape index (κ3) is 3.34. The summed E-state index contributed by atoms with van der Waals surface area (Å²) in [4.78, 5) is 4.70. The second kappa shape index (κ2) is 7.56. The molecule has 0 bridgehead atoms. The van der Waals surface area contributed by atoms with Crippen molar-refractivity contribution in [1.29, 1.82) is 0 Å². The molecule has 2 aliphatic rings. The van der Waals surface area contributed by atoms with Crippen LogP contribution in [0.5, 0.6) is 5.75 Å². The van der Waals surface area contributed by atoms with Crippen molar-refractivity contribution >= 4 is 22.4 Å². The van der Waals surface area contributed by atoms with Gasteiger partial charge in [0.15, 0.2) is 0 Å². The number of nitrogens with zero attached hydrogens (tertiary/aromatic N) is 3. The smallest absolute Gasteiger partial charge is 0.243 e. The molecule has 1 aromatic carbocycles. The number of ether oxygens (including phenoxy) is 1. The number of piperazine rings is 1. The molecule has 1 fully saturated rings. The quantitative estimate of drug-likeness (QED) is 0.847. The predicted molar refractivity (Wildman–Crippen MR) is 100 cm³/mol. The largest absolute Gasteiger partial charge is 0.493 e. The van der Waals surface area contributed by atoms with Crippen LogP contribution < -0.4 is 10.1 Å². The molecule has 0 radical (unpaired) electrons. The summed E-state index contributed by atoms with van der Waals surface area (Å²) in [6.45, 7) is 2.30. The van der Waals surface area contributed by atoms with Gasteiger partial charge in [0.05, 0.1) is 17.5 Å². The van der Waals surface area contributed by atoms with E-state index in [-0.39, 0.29) is 18.4 Å². The molecule has 1 atom stereocenters. The summed E-state index contributed by atoms with van der Waals surface area (Å²) >= 11 is 0. The van der Waals surface area contributed by atoms with E-state index < -0.39 is 10.0 Å². The summed E-state index contributed by atoms with van der Waals surface area (Å²) < 4.78 is 35.7. The minimum atomic E-state index is -3.60. The summed E-state index contributed by atoms with van der Waals surface area (Å²) in [6, 6.07) is 4.88. The fourth-order valence-corrected chi connectivity index (χ4v) is 5.16. The molecular formula is C17H23ClN4O3S. The van der Waals surface area contributed by atoms with Crippen molar-refractivity contribution in [2.45, 2.75) is 23.8 Å². The monoisotopic (exact) mass is 398 g/mol. The van der Waals surface area contributed by atoms with Gasteiger partial charge in [0.1, 0.15) is 11.6 Å². The Kier molecular flexibility index (Phi) is 5.57. The first-order chi connectivity index (χ1) is 12.1. The Morgan fingerprint density at radius 2 is 2.19 bits per heavy atom. The van der Waals surface area contributed by atoms with E-state index in [0.29, 0.717) is 31.1 Å². The number of nitrogens with one attached hydrogen (secondary N) is 1. The van der Waals surface area contributed by atoms with Gasteiger partial charge in [-0.2, -0.15) is 4.31 Å². The lowest BCUT2D eigenvalue weighted by molar-refractivity contribution is 0.258. The zero-order valence-electron chi connectivity index (χ0n) is 14.6. The fraction of sp³-hybridized carbons (Fsp3) is 0.471. The van der Waals surface area contributed by atoms with Gasteiger partial charge in [-0.15, -0.1) is 12.4 Å². The molecule has 2 aromatic rings. The number of rotatable bonds is 3. The van der Waals surface area contributed by atoms with Crippen LogP contribution in [0.2, 0.25) is 0 Å². The van der Waals surface area contributed by atoms with Crippen LogP contribution >= 0.6 is 12.4 Å². The fourth-order valence-electron chi connectivity index (χ4n) is 3.52. The average molecular weight is 399 g/mol.